The minimum absolute atomic E-state index is 0.0939. The standard InChI is InChI=1S/C42H66N4O5S/c1-25(2)30-23-32(26(3)4)35(33(24-30)27(5)6)52(50,51)45-38(47)29(9)22-34(28(7)8)46(16)40(49)37(41(10,11)12)44-39(48)36(43-15)42(13,14)31-20-18-17-19-21-31/h17-28,34,36-37,43H,1-16H3,(H,44,48)(H,45,47)/b29-22+/t34-,36-,37-/m1/s1. The number of nitrogens with one attached hydrogen (secondary N) is 3. The fourth-order valence-corrected chi connectivity index (χ4v) is 8.33. The lowest BCUT2D eigenvalue weighted by atomic mass is 9.76. The van der Waals surface area contributed by atoms with Gasteiger partial charge < -0.3 is 15.5 Å². The topological polar surface area (TPSA) is 125 Å². The fourth-order valence-electron chi connectivity index (χ4n) is 6.62. The van der Waals surface area contributed by atoms with Crippen LogP contribution in [-0.2, 0) is 29.8 Å². The zero-order valence-electron chi connectivity index (χ0n) is 34.6. The first kappa shape index (κ1) is 44.7. The van der Waals surface area contributed by atoms with Crippen molar-refractivity contribution in [2.24, 2.45) is 11.3 Å². The van der Waals surface area contributed by atoms with Gasteiger partial charge >= 0.3 is 0 Å². The van der Waals surface area contributed by atoms with Crippen LogP contribution in [0.3, 0.4) is 0 Å². The minimum atomic E-state index is -4.25. The number of nitrogens with zero attached hydrogens (tertiary/aromatic N) is 1. The number of carbonyl (C=O) groups excluding carboxylic acids is 3. The molecule has 9 nitrogen and oxygen atoms in total. The van der Waals surface area contributed by atoms with Crippen molar-refractivity contribution in [2.45, 2.75) is 143 Å². The Kier molecular flexibility index (Phi) is 15.1. The summed E-state index contributed by atoms with van der Waals surface area (Å²) in [7, 11) is -0.869. The first-order valence-electron chi connectivity index (χ1n) is 18.5. The highest BCUT2D eigenvalue weighted by atomic mass is 32.2. The van der Waals surface area contributed by atoms with E-state index in [0.717, 1.165) is 11.1 Å². The lowest BCUT2D eigenvalue weighted by molar-refractivity contribution is -0.140. The molecule has 0 saturated carbocycles. The molecule has 10 heteroatoms. The summed E-state index contributed by atoms with van der Waals surface area (Å²) >= 11 is 0. The highest BCUT2D eigenvalue weighted by Gasteiger charge is 2.42. The Morgan fingerprint density at radius 2 is 1.29 bits per heavy atom. The molecular weight excluding hydrogens is 673 g/mol. The third-order valence-electron chi connectivity index (χ3n) is 10.0. The van der Waals surface area contributed by atoms with Crippen LogP contribution < -0.4 is 15.4 Å². The van der Waals surface area contributed by atoms with Gasteiger partial charge in [0.1, 0.15) is 6.04 Å². The summed E-state index contributed by atoms with van der Waals surface area (Å²) in [6, 6.07) is 11.5. The van der Waals surface area contributed by atoms with E-state index in [1.54, 1.807) is 32.0 Å². The Balaban J connectivity index is 2.47. The van der Waals surface area contributed by atoms with Crippen molar-refractivity contribution in [3.8, 4) is 0 Å². The second kappa shape index (κ2) is 17.5. The van der Waals surface area contributed by atoms with Gasteiger partial charge in [-0.3, -0.25) is 14.4 Å². The Morgan fingerprint density at radius 3 is 1.69 bits per heavy atom. The Morgan fingerprint density at radius 1 is 0.788 bits per heavy atom. The number of likely N-dealkylation sites (N-methyl/N-ethyl adjacent to an activating group) is 2. The zero-order valence-corrected chi connectivity index (χ0v) is 35.4. The molecule has 0 aliphatic heterocycles. The van der Waals surface area contributed by atoms with E-state index in [9.17, 15) is 22.8 Å². The maximum atomic E-state index is 14.3. The molecule has 0 unspecified atom stereocenters. The fraction of sp³-hybridized carbons (Fsp3) is 0.595. The van der Waals surface area contributed by atoms with Crippen LogP contribution in [0.4, 0.5) is 0 Å². The molecule has 3 atom stereocenters. The van der Waals surface area contributed by atoms with E-state index in [0.29, 0.717) is 11.1 Å². The summed E-state index contributed by atoms with van der Waals surface area (Å²) in [5, 5.41) is 6.21. The predicted octanol–water partition coefficient (Wildman–Crippen LogP) is 7.39. The molecule has 0 aliphatic carbocycles. The van der Waals surface area contributed by atoms with Crippen molar-refractivity contribution < 1.29 is 22.8 Å². The summed E-state index contributed by atoms with van der Waals surface area (Å²) in [6.07, 6.45) is 1.64. The maximum Gasteiger partial charge on any atom is 0.264 e. The Labute approximate surface area is 314 Å². The molecule has 0 radical (unpaired) electrons. The number of sulfonamides is 1. The normalized spacial score (nSPS) is 14.8. The van der Waals surface area contributed by atoms with E-state index in [4.69, 9.17) is 0 Å². The van der Waals surface area contributed by atoms with Crippen LogP contribution in [0.1, 0.15) is 137 Å². The van der Waals surface area contributed by atoms with Crippen LogP contribution in [0.5, 0.6) is 0 Å². The molecule has 2 aromatic rings. The van der Waals surface area contributed by atoms with Gasteiger partial charge in [0.15, 0.2) is 0 Å². The first-order chi connectivity index (χ1) is 23.8. The molecule has 290 valence electrons. The number of hydrogen-bond acceptors (Lipinski definition) is 6. The second-order valence-corrected chi connectivity index (χ2v) is 18.7. The van der Waals surface area contributed by atoms with Crippen molar-refractivity contribution >= 4 is 27.7 Å². The molecule has 0 bridgehead atoms. The van der Waals surface area contributed by atoms with Crippen LogP contribution in [0.15, 0.2) is 59.0 Å². The van der Waals surface area contributed by atoms with E-state index < -0.39 is 44.9 Å². The van der Waals surface area contributed by atoms with Crippen LogP contribution in [0, 0.1) is 11.3 Å². The predicted molar refractivity (Wildman–Crippen MR) is 213 cm³/mol. The van der Waals surface area contributed by atoms with Gasteiger partial charge in [0, 0.05) is 18.0 Å². The third-order valence-corrected chi connectivity index (χ3v) is 11.5. The molecule has 2 rings (SSSR count). The van der Waals surface area contributed by atoms with E-state index in [2.05, 4.69) is 29.2 Å². The molecule has 3 amide bonds. The lowest BCUT2D eigenvalue weighted by Crippen LogP contribution is -2.61. The van der Waals surface area contributed by atoms with Gasteiger partial charge in [-0.05, 0) is 65.3 Å². The summed E-state index contributed by atoms with van der Waals surface area (Å²) in [6.45, 7) is 27.0. The van der Waals surface area contributed by atoms with Gasteiger partial charge in [-0.25, -0.2) is 13.1 Å². The average molecular weight is 739 g/mol. The molecule has 0 aromatic heterocycles. The van der Waals surface area contributed by atoms with E-state index in [-0.39, 0.29) is 46.0 Å². The molecule has 52 heavy (non-hydrogen) atoms. The molecule has 0 heterocycles. The van der Waals surface area contributed by atoms with Gasteiger partial charge in [-0.2, -0.15) is 0 Å². The van der Waals surface area contributed by atoms with Crippen LogP contribution in [-0.4, -0.2) is 63.3 Å². The van der Waals surface area contributed by atoms with Gasteiger partial charge in [0.25, 0.3) is 15.9 Å². The molecular formula is C42H66N4O5S. The molecule has 3 N–H and O–H groups in total. The number of benzene rings is 2. The number of hydrogen-bond donors (Lipinski definition) is 3. The molecule has 0 saturated heterocycles. The van der Waals surface area contributed by atoms with Crippen LogP contribution >= 0.6 is 0 Å². The van der Waals surface area contributed by atoms with Crippen LogP contribution in [0.2, 0.25) is 0 Å². The van der Waals surface area contributed by atoms with Gasteiger partial charge in [-0.15, -0.1) is 0 Å². The Bertz CT molecular complexity index is 1670. The first-order valence-corrected chi connectivity index (χ1v) is 20.0. The highest BCUT2D eigenvalue weighted by molar-refractivity contribution is 7.90. The smallest absolute Gasteiger partial charge is 0.264 e. The Hall–Kier alpha value is -3.50. The second-order valence-electron chi connectivity index (χ2n) is 17.1. The molecule has 0 aliphatic rings. The van der Waals surface area contributed by atoms with Crippen molar-refractivity contribution in [3.05, 3.63) is 76.4 Å². The maximum absolute atomic E-state index is 14.3. The third kappa shape index (κ3) is 10.6. The largest absolute Gasteiger partial charge is 0.342 e. The highest BCUT2D eigenvalue weighted by Crippen LogP contribution is 2.35. The molecule has 0 fully saturated rings. The SMILES string of the molecule is CN[C@H](C(=O)N[C@H](C(=O)N(C)[C@H](/C=C(\C)C(=O)NS(=O)(=O)c1c(C(C)C)cc(C(C)C)cc1C(C)C)C(C)C)C(C)(C)C)C(C)(C)c1ccccc1. The summed E-state index contributed by atoms with van der Waals surface area (Å²) in [5.74, 6) is -1.51. The minimum Gasteiger partial charge on any atom is -0.342 e. The van der Waals surface area contributed by atoms with Gasteiger partial charge in [0.05, 0.1) is 17.0 Å². The summed E-state index contributed by atoms with van der Waals surface area (Å²) in [5.41, 5.74) is 2.29. The van der Waals surface area contributed by atoms with Crippen LogP contribution in [0.25, 0.3) is 0 Å². The van der Waals surface area contributed by atoms with Crippen molar-refractivity contribution in [1.82, 2.24) is 20.3 Å². The number of carbonyl (C=O) groups is 3. The van der Waals surface area contributed by atoms with Crippen molar-refractivity contribution in [3.63, 3.8) is 0 Å². The number of rotatable bonds is 15. The van der Waals surface area contributed by atoms with E-state index in [1.807, 2.05) is 119 Å². The summed E-state index contributed by atoms with van der Waals surface area (Å²) < 4.78 is 30.4. The van der Waals surface area contributed by atoms with E-state index >= 15 is 0 Å². The van der Waals surface area contributed by atoms with Crippen molar-refractivity contribution in [2.75, 3.05) is 14.1 Å². The monoisotopic (exact) mass is 738 g/mol. The lowest BCUT2D eigenvalue weighted by Gasteiger charge is -2.40. The van der Waals surface area contributed by atoms with Gasteiger partial charge in [-0.1, -0.05) is 139 Å². The van der Waals surface area contributed by atoms with E-state index in [1.165, 1.54) is 0 Å². The van der Waals surface area contributed by atoms with Crippen molar-refractivity contribution in [1.29, 1.82) is 0 Å². The zero-order chi connectivity index (χ0) is 40.1. The van der Waals surface area contributed by atoms with Gasteiger partial charge in [0.2, 0.25) is 11.8 Å². The average Bonchev–Trinajstić information content (AvgIpc) is 3.04. The number of amides is 3. The summed E-state index contributed by atoms with van der Waals surface area (Å²) in [4.78, 5) is 43.6. The quantitative estimate of drug-likeness (QED) is 0.164. The molecule has 0 spiro atoms. The molecule has 2 aromatic carbocycles.